The van der Waals surface area contributed by atoms with Gasteiger partial charge in [0, 0.05) is 22.2 Å². The average molecular weight is 568 g/mol. The Balaban J connectivity index is 1.66. The van der Waals surface area contributed by atoms with Crippen molar-refractivity contribution < 1.29 is 9.84 Å². The van der Waals surface area contributed by atoms with Crippen LogP contribution in [0.4, 0.5) is 0 Å². The lowest BCUT2D eigenvalue weighted by Crippen LogP contribution is -2.53. The molecule has 4 rings (SSSR count). The van der Waals surface area contributed by atoms with Crippen LogP contribution in [-0.2, 0) is 0 Å². The van der Waals surface area contributed by atoms with E-state index in [0.717, 1.165) is 54.2 Å². The number of nitrogens with zero attached hydrogens (tertiary/aromatic N) is 2. The molecule has 2 saturated heterocycles. The fraction of sp³-hybridized carbons (Fsp3) is 0.684. The topological polar surface area (TPSA) is 35.9 Å². The van der Waals surface area contributed by atoms with Gasteiger partial charge in [-0.25, -0.2) is 0 Å². The number of halogens is 2. The van der Waals surface area contributed by atoms with Gasteiger partial charge in [-0.05, 0) is 109 Å². The van der Waals surface area contributed by atoms with Crippen molar-refractivity contribution in [3.8, 4) is 5.75 Å². The summed E-state index contributed by atoms with van der Waals surface area (Å²) in [6.45, 7) is 7.12. The SMILES string of the molecule is OC1c2cc(I)cc(I)c2OCC1(CN1CCCC1)CN1CCCC1. The van der Waals surface area contributed by atoms with Gasteiger partial charge in [0.05, 0.1) is 21.7 Å². The average Bonchev–Trinajstić information content (AvgIpc) is 3.25. The van der Waals surface area contributed by atoms with Crippen LogP contribution in [0.15, 0.2) is 12.1 Å². The van der Waals surface area contributed by atoms with Gasteiger partial charge >= 0.3 is 0 Å². The first-order valence-electron chi connectivity index (χ1n) is 9.32. The van der Waals surface area contributed by atoms with E-state index in [1.54, 1.807) is 0 Å². The molecule has 0 radical (unpaired) electrons. The first-order valence-corrected chi connectivity index (χ1v) is 11.5. The van der Waals surface area contributed by atoms with Crippen LogP contribution in [0.5, 0.6) is 5.75 Å². The van der Waals surface area contributed by atoms with Crippen molar-refractivity contribution in [2.75, 3.05) is 45.9 Å². The summed E-state index contributed by atoms with van der Waals surface area (Å²) in [5, 5.41) is 11.5. The summed E-state index contributed by atoms with van der Waals surface area (Å²) in [6, 6.07) is 4.24. The number of aliphatic hydroxyl groups is 1. The van der Waals surface area contributed by atoms with Crippen LogP contribution in [0.25, 0.3) is 0 Å². The van der Waals surface area contributed by atoms with Gasteiger partial charge in [-0.1, -0.05) is 0 Å². The minimum Gasteiger partial charge on any atom is -0.491 e. The van der Waals surface area contributed by atoms with Gasteiger partial charge in [0.25, 0.3) is 0 Å². The molecule has 0 aromatic heterocycles. The highest BCUT2D eigenvalue weighted by Gasteiger charge is 2.47. The number of hydrogen-bond donors (Lipinski definition) is 1. The Morgan fingerprint density at radius 1 is 1.00 bits per heavy atom. The molecule has 3 aliphatic heterocycles. The maximum atomic E-state index is 11.5. The monoisotopic (exact) mass is 568 g/mol. The highest BCUT2D eigenvalue weighted by Crippen LogP contribution is 2.47. The summed E-state index contributed by atoms with van der Waals surface area (Å²) in [6.07, 6.45) is 4.67. The fourth-order valence-corrected chi connectivity index (χ4v) is 6.69. The second-order valence-electron chi connectivity index (χ2n) is 7.83. The maximum absolute atomic E-state index is 11.5. The molecule has 0 bridgehead atoms. The Kier molecular flexibility index (Phi) is 5.82. The van der Waals surface area contributed by atoms with Gasteiger partial charge in [-0.15, -0.1) is 0 Å². The van der Waals surface area contributed by atoms with Gasteiger partial charge in [-0.3, -0.25) is 0 Å². The van der Waals surface area contributed by atoms with Crippen LogP contribution in [0, 0.1) is 12.6 Å². The molecule has 1 unspecified atom stereocenters. The minimum atomic E-state index is -0.458. The van der Waals surface area contributed by atoms with Crippen molar-refractivity contribution in [1.82, 2.24) is 9.80 Å². The summed E-state index contributed by atoms with van der Waals surface area (Å²) >= 11 is 4.67. The van der Waals surface area contributed by atoms with Gasteiger partial charge in [-0.2, -0.15) is 0 Å². The van der Waals surface area contributed by atoms with Crippen molar-refractivity contribution >= 4 is 45.2 Å². The molecule has 0 amide bonds. The molecule has 0 spiro atoms. The van der Waals surface area contributed by atoms with E-state index in [1.807, 2.05) is 0 Å². The fourth-order valence-electron chi connectivity index (χ4n) is 4.65. The van der Waals surface area contributed by atoms with E-state index in [4.69, 9.17) is 4.74 Å². The lowest BCUT2D eigenvalue weighted by Gasteiger charge is -2.46. The van der Waals surface area contributed by atoms with Crippen molar-refractivity contribution in [2.24, 2.45) is 5.41 Å². The lowest BCUT2D eigenvalue weighted by atomic mass is 9.76. The van der Waals surface area contributed by atoms with E-state index in [1.165, 1.54) is 29.3 Å². The number of likely N-dealkylation sites (tertiary alicyclic amines) is 2. The second-order valence-corrected chi connectivity index (χ2v) is 10.2. The zero-order valence-electron chi connectivity index (χ0n) is 14.5. The molecule has 2 fully saturated rings. The lowest BCUT2D eigenvalue weighted by molar-refractivity contribution is -0.0656. The number of hydrogen-bond acceptors (Lipinski definition) is 4. The summed E-state index contributed by atoms with van der Waals surface area (Å²) < 4.78 is 8.57. The number of rotatable bonds is 4. The smallest absolute Gasteiger partial charge is 0.138 e. The van der Waals surface area contributed by atoms with Gasteiger partial charge in [0.15, 0.2) is 0 Å². The third-order valence-electron chi connectivity index (χ3n) is 5.89. The zero-order valence-corrected chi connectivity index (χ0v) is 18.8. The Morgan fingerprint density at radius 2 is 1.56 bits per heavy atom. The van der Waals surface area contributed by atoms with Crippen LogP contribution >= 0.6 is 45.2 Å². The number of fused-ring (bicyclic) bond motifs is 1. The Hall–Kier alpha value is 0.360. The summed E-state index contributed by atoms with van der Waals surface area (Å²) in [7, 11) is 0. The molecule has 0 saturated carbocycles. The number of ether oxygens (including phenoxy) is 1. The van der Waals surface area contributed by atoms with E-state index in [9.17, 15) is 5.11 Å². The quantitative estimate of drug-likeness (QED) is 0.565. The predicted molar refractivity (Wildman–Crippen MR) is 116 cm³/mol. The van der Waals surface area contributed by atoms with Gasteiger partial charge in [0.2, 0.25) is 0 Å². The summed E-state index contributed by atoms with van der Waals surface area (Å²) in [5.74, 6) is 0.895. The highest BCUT2D eigenvalue weighted by atomic mass is 127. The van der Waals surface area contributed by atoms with E-state index in [-0.39, 0.29) is 5.41 Å². The van der Waals surface area contributed by atoms with Crippen molar-refractivity contribution in [3.05, 3.63) is 24.8 Å². The Morgan fingerprint density at radius 3 is 2.12 bits per heavy atom. The second kappa shape index (κ2) is 7.77. The van der Waals surface area contributed by atoms with E-state index < -0.39 is 6.10 Å². The third-order valence-corrected chi connectivity index (χ3v) is 7.31. The normalized spacial score (nSPS) is 26.6. The summed E-state index contributed by atoms with van der Waals surface area (Å²) in [5.41, 5.74) is 0.760. The molecule has 25 heavy (non-hydrogen) atoms. The largest absolute Gasteiger partial charge is 0.491 e. The molecule has 138 valence electrons. The molecule has 1 atom stereocenters. The molecule has 1 N–H and O–H groups in total. The van der Waals surface area contributed by atoms with Crippen LogP contribution < -0.4 is 4.74 Å². The van der Waals surface area contributed by atoms with Crippen molar-refractivity contribution in [3.63, 3.8) is 0 Å². The van der Waals surface area contributed by atoms with E-state index in [0.29, 0.717) is 6.61 Å². The van der Waals surface area contributed by atoms with Crippen LogP contribution in [0.1, 0.15) is 37.4 Å². The number of benzene rings is 1. The molecule has 3 heterocycles. The molecule has 4 nitrogen and oxygen atoms in total. The van der Waals surface area contributed by atoms with Crippen molar-refractivity contribution in [1.29, 1.82) is 0 Å². The highest BCUT2D eigenvalue weighted by molar-refractivity contribution is 14.1. The number of aliphatic hydroxyl groups excluding tert-OH is 1. The van der Waals surface area contributed by atoms with Crippen LogP contribution in [-0.4, -0.2) is 60.8 Å². The van der Waals surface area contributed by atoms with E-state index in [2.05, 4.69) is 67.1 Å². The van der Waals surface area contributed by atoms with E-state index >= 15 is 0 Å². The van der Waals surface area contributed by atoms with Gasteiger partial charge in [0.1, 0.15) is 5.75 Å². The first-order chi connectivity index (χ1) is 12.1. The maximum Gasteiger partial charge on any atom is 0.138 e. The molecule has 1 aromatic rings. The molecule has 0 aliphatic carbocycles. The molecular formula is C19H26I2N2O2. The van der Waals surface area contributed by atoms with Gasteiger partial charge < -0.3 is 19.6 Å². The van der Waals surface area contributed by atoms with Crippen LogP contribution in [0.2, 0.25) is 0 Å². The molecular weight excluding hydrogens is 542 g/mol. The standard InChI is InChI=1S/C19H26I2N2O2/c20-14-9-15-17(16(21)10-14)25-13-19(18(15)24,11-22-5-1-2-6-22)12-23-7-3-4-8-23/h9-10,18,24H,1-8,11-13H2. The third kappa shape index (κ3) is 3.83. The summed E-state index contributed by atoms with van der Waals surface area (Å²) in [4.78, 5) is 5.07. The first kappa shape index (κ1) is 18.7. The zero-order chi connectivity index (χ0) is 17.4. The molecule has 1 aromatic carbocycles. The molecule has 3 aliphatic rings. The Labute approximate surface area is 177 Å². The van der Waals surface area contributed by atoms with Crippen LogP contribution in [0.3, 0.4) is 0 Å². The molecule has 6 heteroatoms. The predicted octanol–water partition coefficient (Wildman–Crippen LogP) is 3.50. The minimum absolute atomic E-state index is 0.227. The van der Waals surface area contributed by atoms with Crippen molar-refractivity contribution in [2.45, 2.75) is 31.8 Å². The Bertz CT molecular complexity index is 610.